The Morgan fingerprint density at radius 2 is 2.08 bits per heavy atom. The van der Waals surface area contributed by atoms with E-state index in [1.807, 2.05) is 4.90 Å². The Bertz CT molecular complexity index is 774. The molecule has 0 aliphatic carbocycles. The fourth-order valence-corrected chi connectivity index (χ4v) is 3.06. The molecular formula is C15H21N7O3. The predicted molar refractivity (Wildman–Crippen MR) is 90.6 cm³/mol. The topological polar surface area (TPSA) is 113 Å². The smallest absolute Gasteiger partial charge is 0.358 e. The normalized spacial score (nSPS) is 14.8. The molecule has 0 radical (unpaired) electrons. The molecule has 1 saturated heterocycles. The van der Waals surface area contributed by atoms with Crippen LogP contribution >= 0.6 is 0 Å². The van der Waals surface area contributed by atoms with Crippen molar-refractivity contribution < 1.29 is 9.72 Å². The van der Waals surface area contributed by atoms with Crippen LogP contribution < -0.4 is 4.90 Å². The summed E-state index contributed by atoms with van der Waals surface area (Å²) >= 11 is 0. The van der Waals surface area contributed by atoms with Crippen molar-refractivity contribution in [2.24, 2.45) is 7.05 Å². The summed E-state index contributed by atoms with van der Waals surface area (Å²) in [5, 5.41) is 18.1. The first kappa shape index (κ1) is 16.9. The summed E-state index contributed by atoms with van der Waals surface area (Å²) < 4.78 is 1.64. The van der Waals surface area contributed by atoms with E-state index in [1.165, 1.54) is 6.33 Å². The summed E-state index contributed by atoms with van der Waals surface area (Å²) in [6.07, 6.45) is 3.28. The number of aromatic nitrogens is 4. The standard InChI is InChI=1S/C15H21N7O3/c1-3-4-11-9-12(18-17-11)15(23)21-7-5-20(6-8-21)14-13(22(24)25)16-10-19(14)2/h9-10H,3-8H2,1-2H3,(H,17,18). The quantitative estimate of drug-likeness (QED) is 0.637. The van der Waals surface area contributed by atoms with Gasteiger partial charge in [0.25, 0.3) is 5.91 Å². The number of imidazole rings is 1. The van der Waals surface area contributed by atoms with Crippen molar-refractivity contribution >= 4 is 17.5 Å². The zero-order chi connectivity index (χ0) is 18.0. The molecule has 0 aromatic carbocycles. The molecule has 10 nitrogen and oxygen atoms in total. The van der Waals surface area contributed by atoms with Crippen molar-refractivity contribution in [3.63, 3.8) is 0 Å². The number of hydrogen-bond donors (Lipinski definition) is 1. The van der Waals surface area contributed by atoms with Gasteiger partial charge < -0.3 is 19.9 Å². The van der Waals surface area contributed by atoms with Crippen LogP contribution in [0.3, 0.4) is 0 Å². The van der Waals surface area contributed by atoms with Gasteiger partial charge in [0.15, 0.2) is 0 Å². The first-order valence-corrected chi connectivity index (χ1v) is 8.25. The maximum absolute atomic E-state index is 12.6. The maximum atomic E-state index is 12.6. The first-order chi connectivity index (χ1) is 12.0. The molecule has 134 valence electrons. The lowest BCUT2D eigenvalue weighted by Crippen LogP contribution is -2.49. The Labute approximate surface area is 144 Å². The minimum absolute atomic E-state index is 0.113. The van der Waals surface area contributed by atoms with Crippen molar-refractivity contribution in [2.45, 2.75) is 19.8 Å². The zero-order valence-corrected chi connectivity index (χ0v) is 14.3. The highest BCUT2D eigenvalue weighted by Crippen LogP contribution is 2.26. The Balaban J connectivity index is 1.66. The van der Waals surface area contributed by atoms with Gasteiger partial charge in [-0.1, -0.05) is 13.3 Å². The van der Waals surface area contributed by atoms with Gasteiger partial charge in [0, 0.05) is 38.9 Å². The van der Waals surface area contributed by atoms with Crippen LogP contribution in [0.5, 0.6) is 0 Å². The monoisotopic (exact) mass is 347 g/mol. The third-order valence-electron chi connectivity index (χ3n) is 4.30. The number of carbonyl (C=O) groups excluding carboxylic acids is 1. The van der Waals surface area contributed by atoms with Crippen LogP contribution in [-0.2, 0) is 13.5 Å². The van der Waals surface area contributed by atoms with Crippen molar-refractivity contribution in [3.8, 4) is 0 Å². The fourth-order valence-electron chi connectivity index (χ4n) is 3.06. The van der Waals surface area contributed by atoms with Crippen LogP contribution in [0.25, 0.3) is 0 Å². The van der Waals surface area contributed by atoms with Crippen LogP contribution in [0.4, 0.5) is 11.6 Å². The molecule has 1 amide bonds. The molecule has 3 heterocycles. The number of carbonyl (C=O) groups is 1. The van der Waals surface area contributed by atoms with E-state index in [0.717, 1.165) is 18.5 Å². The Hall–Kier alpha value is -2.91. The molecule has 0 bridgehead atoms. The third kappa shape index (κ3) is 3.32. The Morgan fingerprint density at radius 3 is 2.72 bits per heavy atom. The molecule has 0 unspecified atom stereocenters. The Morgan fingerprint density at radius 1 is 1.36 bits per heavy atom. The number of nitrogens with one attached hydrogen (secondary N) is 1. The van der Waals surface area contributed by atoms with Crippen LogP contribution in [0.15, 0.2) is 12.4 Å². The van der Waals surface area contributed by atoms with Gasteiger partial charge in [0.05, 0.1) is 0 Å². The van der Waals surface area contributed by atoms with Gasteiger partial charge in [0.2, 0.25) is 12.1 Å². The number of H-pyrrole nitrogens is 1. The van der Waals surface area contributed by atoms with Crippen molar-refractivity contribution in [3.05, 3.63) is 33.9 Å². The van der Waals surface area contributed by atoms with Crippen molar-refractivity contribution in [1.29, 1.82) is 0 Å². The van der Waals surface area contributed by atoms with Gasteiger partial charge in [0.1, 0.15) is 5.69 Å². The van der Waals surface area contributed by atoms with E-state index < -0.39 is 4.92 Å². The molecule has 3 rings (SSSR count). The van der Waals surface area contributed by atoms with Gasteiger partial charge in [-0.05, 0) is 22.4 Å². The SMILES string of the molecule is CCCc1cc(C(=O)N2CCN(c3c([N+](=O)[O-])ncn3C)CC2)n[nH]1. The van der Waals surface area contributed by atoms with Gasteiger partial charge >= 0.3 is 5.82 Å². The Kier molecular flexibility index (Phi) is 4.68. The van der Waals surface area contributed by atoms with Crippen LogP contribution in [0.2, 0.25) is 0 Å². The van der Waals surface area contributed by atoms with Gasteiger partial charge in [-0.15, -0.1) is 0 Å². The second-order valence-electron chi connectivity index (χ2n) is 6.07. The number of rotatable bonds is 5. The largest absolute Gasteiger partial charge is 0.406 e. The summed E-state index contributed by atoms with van der Waals surface area (Å²) in [7, 11) is 1.73. The van der Waals surface area contributed by atoms with Crippen molar-refractivity contribution in [1.82, 2.24) is 24.6 Å². The summed E-state index contributed by atoms with van der Waals surface area (Å²) in [4.78, 5) is 30.6. The summed E-state index contributed by atoms with van der Waals surface area (Å²) in [5.41, 5.74) is 1.37. The second-order valence-corrected chi connectivity index (χ2v) is 6.07. The predicted octanol–water partition coefficient (Wildman–Crippen LogP) is 0.966. The highest BCUT2D eigenvalue weighted by atomic mass is 16.6. The number of nitrogens with zero attached hydrogens (tertiary/aromatic N) is 6. The minimum atomic E-state index is -0.480. The van der Waals surface area contributed by atoms with E-state index in [2.05, 4.69) is 22.1 Å². The van der Waals surface area contributed by atoms with E-state index in [4.69, 9.17) is 0 Å². The molecule has 1 aliphatic heterocycles. The van der Waals surface area contributed by atoms with Crippen LogP contribution in [-0.4, -0.2) is 61.7 Å². The lowest BCUT2D eigenvalue weighted by Gasteiger charge is -2.34. The second kappa shape index (κ2) is 6.91. The fraction of sp³-hybridized carbons (Fsp3) is 0.533. The number of piperazine rings is 1. The number of anilines is 1. The van der Waals surface area contributed by atoms with Gasteiger partial charge in [-0.3, -0.25) is 14.5 Å². The highest BCUT2D eigenvalue weighted by Gasteiger charge is 2.30. The number of nitro groups is 1. The number of aromatic amines is 1. The molecule has 25 heavy (non-hydrogen) atoms. The average Bonchev–Trinajstić information content (AvgIpc) is 3.21. The van der Waals surface area contributed by atoms with E-state index >= 15 is 0 Å². The minimum Gasteiger partial charge on any atom is -0.358 e. The summed E-state index contributed by atoms with van der Waals surface area (Å²) in [5.74, 6) is 0.207. The molecular weight excluding hydrogens is 326 g/mol. The third-order valence-corrected chi connectivity index (χ3v) is 4.30. The van der Waals surface area contributed by atoms with E-state index in [1.54, 1.807) is 22.6 Å². The molecule has 1 aliphatic rings. The number of hydrogen-bond acceptors (Lipinski definition) is 6. The molecule has 0 spiro atoms. The lowest BCUT2D eigenvalue weighted by molar-refractivity contribution is -0.388. The maximum Gasteiger partial charge on any atom is 0.406 e. The molecule has 1 fully saturated rings. The molecule has 0 atom stereocenters. The highest BCUT2D eigenvalue weighted by molar-refractivity contribution is 5.92. The van der Waals surface area contributed by atoms with Crippen LogP contribution in [0, 0.1) is 10.1 Å². The van der Waals surface area contributed by atoms with Gasteiger partial charge in [-0.25, -0.2) is 0 Å². The van der Waals surface area contributed by atoms with E-state index in [0.29, 0.717) is 37.7 Å². The molecule has 10 heteroatoms. The van der Waals surface area contributed by atoms with Crippen molar-refractivity contribution in [2.75, 3.05) is 31.1 Å². The lowest BCUT2D eigenvalue weighted by atomic mass is 10.2. The summed E-state index contributed by atoms with van der Waals surface area (Å²) in [6, 6.07) is 1.80. The van der Waals surface area contributed by atoms with E-state index in [9.17, 15) is 14.9 Å². The number of aryl methyl sites for hydroxylation is 2. The molecule has 2 aromatic rings. The molecule has 1 N–H and O–H groups in total. The van der Waals surface area contributed by atoms with E-state index in [-0.39, 0.29) is 11.7 Å². The van der Waals surface area contributed by atoms with Gasteiger partial charge in [-0.2, -0.15) is 5.10 Å². The molecule has 0 saturated carbocycles. The molecule has 2 aromatic heterocycles. The average molecular weight is 347 g/mol. The first-order valence-electron chi connectivity index (χ1n) is 8.25. The van der Waals surface area contributed by atoms with Crippen LogP contribution in [0.1, 0.15) is 29.5 Å². The zero-order valence-electron chi connectivity index (χ0n) is 14.3. The summed E-state index contributed by atoms with van der Waals surface area (Å²) in [6.45, 7) is 4.06. The number of amides is 1.